The Morgan fingerprint density at radius 3 is 2.31 bits per heavy atom. The lowest BCUT2D eigenvalue weighted by Gasteiger charge is -2.19. The number of rotatable bonds is 4. The van der Waals surface area contributed by atoms with E-state index in [1.165, 1.54) is 0 Å². The number of methoxy groups -OCH3 is 1. The molecule has 1 fully saturated rings. The highest BCUT2D eigenvalue weighted by atomic mass is 35.5. The summed E-state index contributed by atoms with van der Waals surface area (Å²) in [5.41, 5.74) is 5.32. The zero-order valence-corrected chi connectivity index (χ0v) is 16.2. The number of hydrogen-bond acceptors (Lipinski definition) is 2. The molecular weight excluding hydrogens is 365 g/mol. The Hall–Kier alpha value is -2.03. The molecule has 0 amide bonds. The molecule has 26 heavy (non-hydrogen) atoms. The van der Waals surface area contributed by atoms with Crippen molar-refractivity contribution in [1.82, 2.24) is 4.98 Å². The van der Waals surface area contributed by atoms with Crippen molar-refractivity contribution < 1.29 is 4.74 Å². The summed E-state index contributed by atoms with van der Waals surface area (Å²) in [6.07, 6.45) is 2.10. The number of ether oxygens (including phenoxy) is 1. The maximum absolute atomic E-state index is 6.50. The molecule has 3 aromatic rings. The summed E-state index contributed by atoms with van der Waals surface area (Å²) >= 11 is 12.6. The van der Waals surface area contributed by atoms with Gasteiger partial charge >= 0.3 is 0 Å². The van der Waals surface area contributed by atoms with Crippen molar-refractivity contribution in [2.45, 2.75) is 25.2 Å². The molecule has 4 rings (SSSR count). The summed E-state index contributed by atoms with van der Waals surface area (Å²) in [6, 6.07) is 18.1. The largest absolute Gasteiger partial charge is 0.497 e. The van der Waals surface area contributed by atoms with E-state index in [0.29, 0.717) is 10.0 Å². The molecule has 0 N–H and O–H groups in total. The predicted octanol–water partition coefficient (Wildman–Crippen LogP) is 6.45. The Balaban J connectivity index is 1.78. The van der Waals surface area contributed by atoms with Gasteiger partial charge in [-0.1, -0.05) is 35.3 Å². The quantitative estimate of drug-likeness (QED) is 0.516. The van der Waals surface area contributed by atoms with Crippen molar-refractivity contribution in [1.29, 1.82) is 0 Å². The minimum absolute atomic E-state index is 0.101. The lowest BCUT2D eigenvalue weighted by Crippen LogP contribution is -2.12. The third-order valence-corrected chi connectivity index (χ3v) is 5.70. The summed E-state index contributed by atoms with van der Waals surface area (Å²) < 4.78 is 5.26. The van der Waals surface area contributed by atoms with Crippen LogP contribution in [0.1, 0.15) is 29.7 Å². The molecule has 4 heteroatoms. The van der Waals surface area contributed by atoms with Crippen LogP contribution < -0.4 is 4.74 Å². The highest BCUT2D eigenvalue weighted by molar-refractivity contribution is 6.35. The fourth-order valence-corrected chi connectivity index (χ4v) is 4.09. The van der Waals surface area contributed by atoms with Crippen LogP contribution in [0.5, 0.6) is 5.75 Å². The molecular formula is C22H19Cl2NO. The predicted molar refractivity (Wildman–Crippen MR) is 107 cm³/mol. The van der Waals surface area contributed by atoms with Crippen LogP contribution in [0.3, 0.4) is 0 Å². The number of hydrogen-bond donors (Lipinski definition) is 0. The van der Waals surface area contributed by atoms with E-state index < -0.39 is 0 Å². The Morgan fingerprint density at radius 2 is 1.69 bits per heavy atom. The van der Waals surface area contributed by atoms with Gasteiger partial charge in [0.2, 0.25) is 0 Å². The molecule has 1 aromatic heterocycles. The molecule has 0 radical (unpaired) electrons. The highest BCUT2D eigenvalue weighted by Crippen LogP contribution is 2.55. The summed E-state index contributed by atoms with van der Waals surface area (Å²) in [4.78, 5) is 5.04. The number of benzene rings is 2. The van der Waals surface area contributed by atoms with E-state index in [1.54, 1.807) is 7.11 Å². The highest BCUT2D eigenvalue weighted by Gasteiger charge is 2.48. The first-order valence-electron chi connectivity index (χ1n) is 8.61. The second-order valence-corrected chi connectivity index (χ2v) is 7.64. The zero-order chi connectivity index (χ0) is 18.3. The van der Waals surface area contributed by atoms with Crippen LogP contribution in [-0.4, -0.2) is 12.1 Å². The maximum Gasteiger partial charge on any atom is 0.118 e. The molecule has 0 aliphatic heterocycles. The van der Waals surface area contributed by atoms with E-state index in [0.717, 1.165) is 46.7 Å². The van der Waals surface area contributed by atoms with Crippen LogP contribution in [0.2, 0.25) is 10.0 Å². The molecule has 1 aliphatic rings. The van der Waals surface area contributed by atoms with Crippen LogP contribution >= 0.6 is 23.2 Å². The third kappa shape index (κ3) is 2.98. The van der Waals surface area contributed by atoms with E-state index in [9.17, 15) is 0 Å². The normalized spacial score (nSPS) is 14.9. The number of aryl methyl sites for hydroxylation is 1. The number of halogens is 2. The Kier molecular flexibility index (Phi) is 4.42. The number of nitrogens with zero attached hydrogens (tertiary/aromatic N) is 1. The van der Waals surface area contributed by atoms with Gasteiger partial charge < -0.3 is 4.74 Å². The molecule has 1 aliphatic carbocycles. The fourth-order valence-electron chi connectivity index (χ4n) is 3.50. The SMILES string of the molecule is COc1ccc(-c2nc(C3(c4ccc(Cl)cc4Cl)CC3)ccc2C)cc1. The van der Waals surface area contributed by atoms with Gasteiger partial charge in [-0.25, -0.2) is 0 Å². The molecule has 2 aromatic carbocycles. The average Bonchev–Trinajstić information content (AvgIpc) is 3.44. The van der Waals surface area contributed by atoms with Gasteiger partial charge in [0.05, 0.1) is 18.5 Å². The second kappa shape index (κ2) is 6.61. The van der Waals surface area contributed by atoms with Crippen molar-refractivity contribution in [2.24, 2.45) is 0 Å². The molecule has 1 saturated carbocycles. The van der Waals surface area contributed by atoms with Gasteiger partial charge in [-0.15, -0.1) is 0 Å². The molecule has 132 valence electrons. The summed E-state index contributed by atoms with van der Waals surface area (Å²) in [7, 11) is 1.67. The summed E-state index contributed by atoms with van der Waals surface area (Å²) in [5, 5.41) is 1.37. The second-order valence-electron chi connectivity index (χ2n) is 6.80. The van der Waals surface area contributed by atoms with Gasteiger partial charge in [-0.3, -0.25) is 4.98 Å². The first kappa shape index (κ1) is 17.4. The Morgan fingerprint density at radius 1 is 0.962 bits per heavy atom. The lowest BCUT2D eigenvalue weighted by atomic mass is 9.91. The third-order valence-electron chi connectivity index (χ3n) is 5.15. The molecule has 0 bridgehead atoms. The minimum Gasteiger partial charge on any atom is -0.497 e. The molecule has 0 saturated heterocycles. The standard InChI is InChI=1S/C22H19Cl2NO/c1-14-3-10-20(25-21(14)15-4-7-17(26-2)8-5-15)22(11-12-22)18-9-6-16(23)13-19(18)24/h3-10,13H,11-12H2,1-2H3. The molecule has 1 heterocycles. The zero-order valence-electron chi connectivity index (χ0n) is 14.7. The van der Waals surface area contributed by atoms with E-state index in [1.807, 2.05) is 42.5 Å². The smallest absolute Gasteiger partial charge is 0.118 e. The van der Waals surface area contributed by atoms with Crippen LogP contribution in [0.15, 0.2) is 54.6 Å². The monoisotopic (exact) mass is 383 g/mol. The Labute approximate surface area is 163 Å². The van der Waals surface area contributed by atoms with Gasteiger partial charge in [0.1, 0.15) is 5.75 Å². The topological polar surface area (TPSA) is 22.1 Å². The van der Waals surface area contributed by atoms with E-state index >= 15 is 0 Å². The van der Waals surface area contributed by atoms with Crippen molar-refractivity contribution in [3.63, 3.8) is 0 Å². The van der Waals surface area contributed by atoms with Crippen LogP contribution in [0.25, 0.3) is 11.3 Å². The molecule has 0 spiro atoms. The van der Waals surface area contributed by atoms with Crippen LogP contribution in [-0.2, 0) is 5.41 Å². The van der Waals surface area contributed by atoms with Crippen molar-refractivity contribution >= 4 is 23.2 Å². The molecule has 2 nitrogen and oxygen atoms in total. The molecule has 0 atom stereocenters. The minimum atomic E-state index is -0.101. The first-order chi connectivity index (χ1) is 12.5. The maximum atomic E-state index is 6.50. The number of pyridine rings is 1. The van der Waals surface area contributed by atoms with Crippen LogP contribution in [0.4, 0.5) is 0 Å². The lowest BCUT2D eigenvalue weighted by molar-refractivity contribution is 0.415. The Bertz CT molecular complexity index is 962. The van der Waals surface area contributed by atoms with E-state index in [-0.39, 0.29) is 5.41 Å². The summed E-state index contributed by atoms with van der Waals surface area (Å²) in [6.45, 7) is 2.09. The summed E-state index contributed by atoms with van der Waals surface area (Å²) in [5.74, 6) is 0.842. The van der Waals surface area contributed by atoms with Gasteiger partial charge in [-0.2, -0.15) is 0 Å². The fraction of sp³-hybridized carbons (Fsp3) is 0.227. The number of aromatic nitrogens is 1. The first-order valence-corrected chi connectivity index (χ1v) is 9.37. The van der Waals surface area contributed by atoms with E-state index in [4.69, 9.17) is 32.9 Å². The van der Waals surface area contributed by atoms with Crippen molar-refractivity contribution in [2.75, 3.05) is 7.11 Å². The van der Waals surface area contributed by atoms with Gasteiger partial charge in [0, 0.05) is 21.0 Å². The van der Waals surface area contributed by atoms with Crippen molar-refractivity contribution in [3.8, 4) is 17.0 Å². The van der Waals surface area contributed by atoms with Crippen molar-refractivity contribution in [3.05, 3.63) is 81.5 Å². The molecule has 0 unspecified atom stereocenters. The van der Waals surface area contributed by atoms with Gasteiger partial charge in [-0.05, 0) is 73.4 Å². The van der Waals surface area contributed by atoms with E-state index in [2.05, 4.69) is 19.1 Å². The van der Waals surface area contributed by atoms with Gasteiger partial charge in [0.25, 0.3) is 0 Å². The van der Waals surface area contributed by atoms with Crippen LogP contribution in [0, 0.1) is 6.92 Å². The average molecular weight is 384 g/mol. The van der Waals surface area contributed by atoms with Gasteiger partial charge in [0.15, 0.2) is 0 Å².